The van der Waals surface area contributed by atoms with Gasteiger partial charge in [-0.15, -0.1) is 0 Å². The molecule has 0 bridgehead atoms. The van der Waals surface area contributed by atoms with E-state index in [-0.39, 0.29) is 31.1 Å². The van der Waals surface area contributed by atoms with E-state index < -0.39 is 6.10 Å². The maximum absolute atomic E-state index is 12.8. The van der Waals surface area contributed by atoms with Gasteiger partial charge in [0, 0.05) is 19.3 Å². The number of allylic oxidation sites excluding steroid dienone is 2. The Balaban J connectivity index is 4.31. The highest BCUT2D eigenvalue weighted by molar-refractivity contribution is 5.71. The quantitative estimate of drug-likeness (QED) is 0.0263. The van der Waals surface area contributed by atoms with Crippen LogP contribution in [0.1, 0.15) is 284 Å². The van der Waals surface area contributed by atoms with E-state index in [1.165, 1.54) is 180 Å². The average Bonchev–Trinajstić information content (AvgIpc) is 3.22. The summed E-state index contributed by atoms with van der Waals surface area (Å²) in [5.74, 6) is -0.861. The minimum absolute atomic E-state index is 0.0672. The van der Waals surface area contributed by atoms with Crippen molar-refractivity contribution in [3.8, 4) is 0 Å². The van der Waals surface area contributed by atoms with E-state index in [1.54, 1.807) is 0 Å². The van der Waals surface area contributed by atoms with Gasteiger partial charge in [-0.2, -0.15) is 0 Å². The number of rotatable bonds is 47. The van der Waals surface area contributed by atoms with Crippen molar-refractivity contribution >= 4 is 17.9 Å². The molecule has 0 aliphatic carbocycles. The van der Waals surface area contributed by atoms with E-state index in [9.17, 15) is 14.4 Å². The third-order valence-corrected chi connectivity index (χ3v) is 11.5. The Hall–Kier alpha value is -1.85. The number of carbonyl (C=O) groups excluding carboxylic acids is 3. The van der Waals surface area contributed by atoms with Crippen molar-refractivity contribution in [2.75, 3.05) is 13.2 Å². The third kappa shape index (κ3) is 45.2. The third-order valence-electron chi connectivity index (χ3n) is 11.5. The van der Waals surface area contributed by atoms with Crippen LogP contribution in [0.2, 0.25) is 0 Å². The van der Waals surface area contributed by atoms with Crippen molar-refractivity contribution < 1.29 is 28.6 Å². The van der Waals surface area contributed by atoms with Crippen molar-refractivity contribution in [1.29, 1.82) is 0 Å². The fraction of sp³-hybridized carbons (Fsp3) is 0.904. The van der Waals surface area contributed by atoms with Crippen molar-refractivity contribution in [3.05, 3.63) is 12.2 Å². The van der Waals surface area contributed by atoms with Crippen molar-refractivity contribution in [2.24, 2.45) is 0 Å². The van der Waals surface area contributed by atoms with Gasteiger partial charge in [0.2, 0.25) is 0 Å². The molecule has 0 saturated heterocycles. The van der Waals surface area contributed by atoms with Gasteiger partial charge in [-0.1, -0.05) is 238 Å². The lowest BCUT2D eigenvalue weighted by Gasteiger charge is -2.18. The van der Waals surface area contributed by atoms with Crippen molar-refractivity contribution in [3.63, 3.8) is 0 Å². The number of hydrogen-bond donors (Lipinski definition) is 0. The number of unbranched alkanes of at least 4 members (excludes halogenated alkanes) is 34. The van der Waals surface area contributed by atoms with Crippen LogP contribution in [0.5, 0.6) is 0 Å². The Kier molecular flexibility index (Phi) is 46.3. The molecule has 0 N–H and O–H groups in total. The summed E-state index contributed by atoms with van der Waals surface area (Å²) in [6.45, 7) is 6.63. The van der Waals surface area contributed by atoms with Crippen LogP contribution in [-0.4, -0.2) is 37.2 Å². The van der Waals surface area contributed by atoms with Gasteiger partial charge >= 0.3 is 17.9 Å². The van der Waals surface area contributed by atoms with E-state index in [0.29, 0.717) is 19.3 Å². The van der Waals surface area contributed by atoms with Crippen LogP contribution in [0.15, 0.2) is 12.2 Å². The minimum Gasteiger partial charge on any atom is -0.462 e. The van der Waals surface area contributed by atoms with Crippen LogP contribution in [0, 0.1) is 0 Å². The van der Waals surface area contributed by atoms with Gasteiger partial charge < -0.3 is 14.2 Å². The molecular weight excluding hydrogens is 721 g/mol. The molecule has 0 heterocycles. The van der Waals surface area contributed by atoms with Crippen molar-refractivity contribution in [2.45, 2.75) is 290 Å². The minimum atomic E-state index is -0.765. The summed E-state index contributed by atoms with van der Waals surface area (Å²) in [7, 11) is 0. The maximum atomic E-state index is 12.8. The van der Waals surface area contributed by atoms with Crippen LogP contribution in [0.3, 0.4) is 0 Å². The highest BCUT2D eigenvalue weighted by Gasteiger charge is 2.19. The lowest BCUT2D eigenvalue weighted by molar-refractivity contribution is -0.167. The van der Waals surface area contributed by atoms with E-state index >= 15 is 0 Å². The molecule has 6 heteroatoms. The first-order valence-electron chi connectivity index (χ1n) is 25.7. The number of hydrogen-bond acceptors (Lipinski definition) is 6. The lowest BCUT2D eigenvalue weighted by atomic mass is 10.0. The molecular formula is C52H98O6. The Morgan fingerprint density at radius 2 is 0.586 bits per heavy atom. The summed E-state index contributed by atoms with van der Waals surface area (Å²) >= 11 is 0. The first-order valence-corrected chi connectivity index (χ1v) is 25.7. The van der Waals surface area contributed by atoms with Gasteiger partial charge in [0.05, 0.1) is 0 Å². The van der Waals surface area contributed by atoms with Crippen LogP contribution in [0.4, 0.5) is 0 Å². The molecule has 58 heavy (non-hydrogen) atoms. The summed E-state index contributed by atoms with van der Waals surface area (Å²) in [6, 6.07) is 0. The van der Waals surface area contributed by atoms with Crippen LogP contribution < -0.4 is 0 Å². The first-order chi connectivity index (χ1) is 28.5. The van der Waals surface area contributed by atoms with Gasteiger partial charge in [-0.25, -0.2) is 0 Å². The molecule has 0 aromatic heterocycles. The molecule has 0 aliphatic rings. The van der Waals surface area contributed by atoms with E-state index in [2.05, 4.69) is 32.9 Å². The molecule has 0 aromatic carbocycles. The molecule has 0 rings (SSSR count). The molecule has 1 atom stereocenters. The van der Waals surface area contributed by atoms with Crippen LogP contribution in [-0.2, 0) is 28.6 Å². The summed E-state index contributed by atoms with van der Waals surface area (Å²) in [5.41, 5.74) is 0. The molecule has 0 radical (unpaired) electrons. The number of ether oxygens (including phenoxy) is 3. The second-order valence-electron chi connectivity index (χ2n) is 17.4. The molecule has 0 aliphatic heterocycles. The average molecular weight is 819 g/mol. The Bertz CT molecular complexity index is 900. The zero-order chi connectivity index (χ0) is 42.3. The second-order valence-corrected chi connectivity index (χ2v) is 17.4. The largest absolute Gasteiger partial charge is 0.462 e. The predicted molar refractivity (Wildman–Crippen MR) is 247 cm³/mol. The maximum Gasteiger partial charge on any atom is 0.306 e. The van der Waals surface area contributed by atoms with Crippen LogP contribution >= 0.6 is 0 Å². The Morgan fingerprint density at radius 1 is 0.328 bits per heavy atom. The molecule has 0 unspecified atom stereocenters. The molecule has 0 spiro atoms. The second kappa shape index (κ2) is 47.8. The summed E-state index contributed by atoms with van der Waals surface area (Å²) < 4.78 is 16.8. The SMILES string of the molecule is CCCC/C=C\CCCCCCCC(=O)OC[C@H](COC(=O)CCCCCCCCCCCCCCCCC)OC(=O)CCCCCCCCCCCCCCCC. The van der Waals surface area contributed by atoms with Gasteiger partial charge in [0.15, 0.2) is 6.10 Å². The van der Waals surface area contributed by atoms with Gasteiger partial charge in [-0.3, -0.25) is 14.4 Å². The zero-order valence-corrected chi connectivity index (χ0v) is 39.1. The molecule has 0 saturated carbocycles. The molecule has 0 fully saturated rings. The van der Waals surface area contributed by atoms with Crippen molar-refractivity contribution in [1.82, 2.24) is 0 Å². The Morgan fingerprint density at radius 3 is 0.914 bits per heavy atom. The molecule has 0 amide bonds. The summed E-state index contributed by atoms with van der Waals surface area (Å²) in [4.78, 5) is 37.9. The van der Waals surface area contributed by atoms with Gasteiger partial charge in [0.25, 0.3) is 0 Å². The van der Waals surface area contributed by atoms with Gasteiger partial charge in [-0.05, 0) is 38.5 Å². The van der Waals surface area contributed by atoms with E-state index in [4.69, 9.17) is 14.2 Å². The smallest absolute Gasteiger partial charge is 0.306 e. The molecule has 342 valence electrons. The molecule has 6 nitrogen and oxygen atoms in total. The Labute approximate surface area is 360 Å². The molecule has 0 aromatic rings. The lowest BCUT2D eigenvalue weighted by Crippen LogP contribution is -2.30. The number of carbonyl (C=O) groups is 3. The van der Waals surface area contributed by atoms with E-state index in [1.807, 2.05) is 0 Å². The number of esters is 3. The highest BCUT2D eigenvalue weighted by atomic mass is 16.6. The summed E-state index contributed by atoms with van der Waals surface area (Å²) in [6.07, 6.45) is 51.9. The monoisotopic (exact) mass is 819 g/mol. The predicted octanol–water partition coefficient (Wildman–Crippen LogP) is 16.6. The van der Waals surface area contributed by atoms with Crippen LogP contribution in [0.25, 0.3) is 0 Å². The fourth-order valence-corrected chi connectivity index (χ4v) is 7.60. The van der Waals surface area contributed by atoms with E-state index in [0.717, 1.165) is 64.2 Å². The highest BCUT2D eigenvalue weighted by Crippen LogP contribution is 2.16. The zero-order valence-electron chi connectivity index (χ0n) is 39.1. The fourth-order valence-electron chi connectivity index (χ4n) is 7.60. The topological polar surface area (TPSA) is 78.9 Å². The normalized spacial score (nSPS) is 12.0. The van der Waals surface area contributed by atoms with Gasteiger partial charge in [0.1, 0.15) is 13.2 Å². The first kappa shape index (κ1) is 56.1. The standard InChI is InChI=1S/C52H98O6/c1-4-7-10-13-16-19-22-24-26-28-30-33-36-39-42-45-51(54)57-48-49(47-56-50(53)44-41-38-35-32-29-21-18-15-12-9-6-3)58-52(55)46-43-40-37-34-31-27-25-23-20-17-14-11-8-5-2/h15,18,49H,4-14,16-17,19-48H2,1-3H3/b18-15-/t49-/m1/s1. The summed E-state index contributed by atoms with van der Waals surface area (Å²) in [5, 5.41) is 0.